The third kappa shape index (κ3) is 3.22. The number of benzene rings is 1. The molecular formula is C21H19N3O5. The summed E-state index contributed by atoms with van der Waals surface area (Å²) in [5, 5.41) is 19.7. The maximum Gasteiger partial charge on any atom is 0.333 e. The van der Waals surface area contributed by atoms with Crippen molar-refractivity contribution in [1.29, 1.82) is 0 Å². The van der Waals surface area contributed by atoms with Gasteiger partial charge in [0.2, 0.25) is 5.91 Å². The van der Waals surface area contributed by atoms with Crippen LogP contribution in [-0.4, -0.2) is 42.2 Å². The summed E-state index contributed by atoms with van der Waals surface area (Å²) in [4.78, 5) is 40.5. The summed E-state index contributed by atoms with van der Waals surface area (Å²) in [6.07, 6.45) is 4.52. The zero-order chi connectivity index (χ0) is 20.7. The Morgan fingerprint density at radius 2 is 1.93 bits per heavy atom. The van der Waals surface area contributed by atoms with E-state index in [1.165, 1.54) is 6.33 Å². The Bertz CT molecular complexity index is 1170. The van der Waals surface area contributed by atoms with E-state index in [1.807, 2.05) is 30.3 Å². The number of aryl methyl sites for hydroxylation is 1. The standard InChI is InChI=1S/C21H19N3O5/c1-12-17-8-14(20(27)23-7-6-13-4-2-3-5-16(13)23)9-18(24(17)11-22-12)15(21(28)29)10-19(25)26/h2-7,10-11,14,18H,8-9H2,1H3,(H,25,26)(H,28,29)/b15-10-. The monoisotopic (exact) mass is 393 g/mol. The van der Waals surface area contributed by atoms with Gasteiger partial charge in [-0.1, -0.05) is 18.2 Å². The normalized spacial score (nSPS) is 19.1. The Kier molecular flexibility index (Phi) is 4.54. The Morgan fingerprint density at radius 1 is 1.17 bits per heavy atom. The van der Waals surface area contributed by atoms with E-state index in [1.54, 1.807) is 22.3 Å². The fourth-order valence-electron chi connectivity index (χ4n) is 4.07. The van der Waals surface area contributed by atoms with Crippen LogP contribution in [0.15, 0.2) is 54.5 Å². The lowest BCUT2D eigenvalue weighted by molar-refractivity contribution is -0.135. The maximum atomic E-state index is 13.3. The number of imidazole rings is 1. The first-order chi connectivity index (χ1) is 13.9. The molecule has 1 aliphatic heterocycles. The van der Waals surface area contributed by atoms with Gasteiger partial charge in [-0.3, -0.25) is 9.36 Å². The minimum absolute atomic E-state index is 0.150. The number of carbonyl (C=O) groups excluding carboxylic acids is 1. The van der Waals surface area contributed by atoms with Gasteiger partial charge in [0, 0.05) is 35.7 Å². The van der Waals surface area contributed by atoms with Crippen molar-refractivity contribution >= 4 is 28.7 Å². The average molecular weight is 393 g/mol. The van der Waals surface area contributed by atoms with Crippen molar-refractivity contribution in [3.8, 4) is 0 Å². The molecule has 0 saturated carbocycles. The minimum Gasteiger partial charge on any atom is -0.478 e. The van der Waals surface area contributed by atoms with E-state index in [-0.39, 0.29) is 17.9 Å². The first-order valence-corrected chi connectivity index (χ1v) is 9.17. The molecule has 3 aromatic rings. The number of aliphatic carboxylic acids is 2. The van der Waals surface area contributed by atoms with Gasteiger partial charge in [0.15, 0.2) is 0 Å². The van der Waals surface area contributed by atoms with Crippen LogP contribution in [0.2, 0.25) is 0 Å². The molecular weight excluding hydrogens is 374 g/mol. The van der Waals surface area contributed by atoms with Crippen LogP contribution in [0.3, 0.4) is 0 Å². The number of hydrogen-bond acceptors (Lipinski definition) is 4. The summed E-state index contributed by atoms with van der Waals surface area (Å²) >= 11 is 0. The van der Waals surface area contributed by atoms with Crippen LogP contribution in [0, 0.1) is 12.8 Å². The average Bonchev–Trinajstić information content (AvgIpc) is 3.28. The SMILES string of the molecule is Cc1ncn2c1CC(C(=O)n1ccc3ccccc31)CC2/C(=C/C(=O)O)C(=O)O. The number of carbonyl (C=O) groups is 3. The van der Waals surface area contributed by atoms with E-state index < -0.39 is 23.9 Å². The van der Waals surface area contributed by atoms with E-state index in [4.69, 9.17) is 5.11 Å². The molecule has 0 saturated heterocycles. The van der Waals surface area contributed by atoms with Crippen LogP contribution in [0.1, 0.15) is 28.6 Å². The lowest BCUT2D eigenvalue weighted by atomic mass is 9.85. The van der Waals surface area contributed by atoms with Crippen molar-refractivity contribution in [2.45, 2.75) is 25.8 Å². The molecule has 8 heteroatoms. The molecule has 0 bridgehead atoms. The molecule has 29 heavy (non-hydrogen) atoms. The minimum atomic E-state index is -1.34. The highest BCUT2D eigenvalue weighted by Crippen LogP contribution is 2.36. The molecule has 0 fully saturated rings. The van der Waals surface area contributed by atoms with Crippen LogP contribution >= 0.6 is 0 Å². The number of hydrogen-bond donors (Lipinski definition) is 2. The quantitative estimate of drug-likeness (QED) is 0.659. The number of rotatable bonds is 4. The van der Waals surface area contributed by atoms with E-state index in [0.717, 1.165) is 16.6 Å². The van der Waals surface area contributed by atoms with Gasteiger partial charge in [0.05, 0.1) is 29.2 Å². The van der Waals surface area contributed by atoms with Crippen molar-refractivity contribution in [3.05, 3.63) is 65.9 Å². The molecule has 8 nitrogen and oxygen atoms in total. The Balaban J connectivity index is 1.77. The van der Waals surface area contributed by atoms with Crippen LogP contribution < -0.4 is 0 Å². The molecule has 1 aromatic carbocycles. The summed E-state index contributed by atoms with van der Waals surface area (Å²) in [6.45, 7) is 1.79. The van der Waals surface area contributed by atoms with Crippen LogP contribution in [0.5, 0.6) is 0 Å². The highest BCUT2D eigenvalue weighted by atomic mass is 16.4. The van der Waals surface area contributed by atoms with Gasteiger partial charge >= 0.3 is 11.9 Å². The fourth-order valence-corrected chi connectivity index (χ4v) is 4.07. The molecule has 0 aliphatic carbocycles. The summed E-state index contributed by atoms with van der Waals surface area (Å²) in [6, 6.07) is 8.59. The van der Waals surface area contributed by atoms with Gasteiger partial charge in [0.25, 0.3) is 0 Å². The Labute approximate surface area is 165 Å². The van der Waals surface area contributed by atoms with E-state index in [0.29, 0.717) is 18.2 Å². The van der Waals surface area contributed by atoms with Crippen molar-refractivity contribution in [2.24, 2.45) is 5.92 Å². The summed E-state index contributed by atoms with van der Waals surface area (Å²) < 4.78 is 3.26. The number of carboxylic acid groups (broad SMARTS) is 2. The molecule has 2 aromatic heterocycles. The number of fused-ring (bicyclic) bond motifs is 2. The molecule has 2 atom stereocenters. The summed E-state index contributed by atoms with van der Waals surface area (Å²) in [5.74, 6) is -3.32. The van der Waals surface area contributed by atoms with Gasteiger partial charge in [0.1, 0.15) is 0 Å². The number of para-hydroxylation sites is 1. The number of nitrogens with zero attached hydrogens (tertiary/aromatic N) is 3. The first kappa shape index (κ1) is 18.7. The molecule has 0 radical (unpaired) electrons. The van der Waals surface area contributed by atoms with Gasteiger partial charge in [-0.05, 0) is 25.5 Å². The van der Waals surface area contributed by atoms with Crippen molar-refractivity contribution < 1.29 is 24.6 Å². The first-order valence-electron chi connectivity index (χ1n) is 9.17. The molecule has 2 unspecified atom stereocenters. The largest absolute Gasteiger partial charge is 0.478 e. The van der Waals surface area contributed by atoms with Crippen LogP contribution in [0.25, 0.3) is 10.9 Å². The highest BCUT2D eigenvalue weighted by Gasteiger charge is 2.37. The maximum absolute atomic E-state index is 13.3. The zero-order valence-electron chi connectivity index (χ0n) is 15.6. The van der Waals surface area contributed by atoms with E-state index in [9.17, 15) is 19.5 Å². The highest BCUT2D eigenvalue weighted by molar-refractivity contribution is 5.96. The summed E-state index contributed by atoms with van der Waals surface area (Å²) in [7, 11) is 0. The second kappa shape index (κ2) is 7.05. The molecule has 0 amide bonds. The second-order valence-electron chi connectivity index (χ2n) is 7.16. The fraction of sp³-hybridized carbons (Fsp3) is 0.238. The number of aromatic nitrogens is 3. The third-order valence-corrected chi connectivity index (χ3v) is 5.46. The van der Waals surface area contributed by atoms with Gasteiger partial charge in [-0.25, -0.2) is 14.6 Å². The number of carboxylic acids is 2. The predicted molar refractivity (Wildman–Crippen MR) is 104 cm³/mol. The molecule has 2 N–H and O–H groups in total. The topological polar surface area (TPSA) is 114 Å². The predicted octanol–water partition coefficient (Wildman–Crippen LogP) is 2.69. The lowest BCUT2D eigenvalue weighted by Crippen LogP contribution is -2.34. The van der Waals surface area contributed by atoms with Gasteiger partial charge in [-0.15, -0.1) is 0 Å². The summed E-state index contributed by atoms with van der Waals surface area (Å²) in [5.41, 5.74) is 1.95. The third-order valence-electron chi connectivity index (χ3n) is 5.46. The van der Waals surface area contributed by atoms with E-state index >= 15 is 0 Å². The molecule has 1 aliphatic rings. The second-order valence-corrected chi connectivity index (χ2v) is 7.16. The molecule has 0 spiro atoms. The zero-order valence-corrected chi connectivity index (χ0v) is 15.6. The molecule has 148 valence electrons. The lowest BCUT2D eigenvalue weighted by Gasteiger charge is -2.31. The van der Waals surface area contributed by atoms with Crippen LogP contribution in [-0.2, 0) is 16.0 Å². The Hall–Kier alpha value is -3.68. The van der Waals surface area contributed by atoms with Crippen LogP contribution in [0.4, 0.5) is 0 Å². The van der Waals surface area contributed by atoms with Gasteiger partial charge < -0.3 is 14.8 Å². The van der Waals surface area contributed by atoms with E-state index in [2.05, 4.69) is 4.98 Å². The smallest absolute Gasteiger partial charge is 0.333 e. The van der Waals surface area contributed by atoms with Gasteiger partial charge in [-0.2, -0.15) is 0 Å². The van der Waals surface area contributed by atoms with Crippen molar-refractivity contribution in [1.82, 2.24) is 14.1 Å². The van der Waals surface area contributed by atoms with Crippen molar-refractivity contribution in [3.63, 3.8) is 0 Å². The molecule has 4 rings (SSSR count). The van der Waals surface area contributed by atoms with Crippen molar-refractivity contribution in [2.75, 3.05) is 0 Å². The molecule has 3 heterocycles. The Morgan fingerprint density at radius 3 is 2.66 bits per heavy atom.